The molecule has 0 bridgehead atoms. The molecule has 1 aliphatic carbocycles. The van der Waals surface area contributed by atoms with E-state index in [4.69, 9.17) is 18.0 Å². The highest BCUT2D eigenvalue weighted by molar-refractivity contribution is 7.80. The molecule has 0 aromatic rings. The Labute approximate surface area is 121 Å². The zero-order valence-electron chi connectivity index (χ0n) is 11.2. The lowest BCUT2D eigenvalue weighted by molar-refractivity contribution is -0.185. The fourth-order valence-corrected chi connectivity index (χ4v) is 3.47. The average molecular weight is 308 g/mol. The minimum absolute atomic E-state index is 0.0471. The summed E-state index contributed by atoms with van der Waals surface area (Å²) in [6.45, 7) is 0.611. The smallest absolute Gasteiger partial charge is 0.391 e. The van der Waals surface area contributed by atoms with Crippen molar-refractivity contribution in [1.29, 1.82) is 0 Å². The molecule has 0 aromatic carbocycles. The van der Waals surface area contributed by atoms with Crippen molar-refractivity contribution < 1.29 is 18.0 Å². The van der Waals surface area contributed by atoms with Crippen molar-refractivity contribution in [1.82, 2.24) is 4.90 Å². The maximum absolute atomic E-state index is 12.6. The minimum atomic E-state index is -4.14. The van der Waals surface area contributed by atoms with Crippen LogP contribution in [0, 0.1) is 11.8 Å². The molecule has 114 valence electrons. The first-order valence-electron chi connectivity index (χ1n) is 6.97. The van der Waals surface area contributed by atoms with Crippen LogP contribution in [0.25, 0.3) is 0 Å². The zero-order valence-corrected chi connectivity index (χ0v) is 12.0. The summed E-state index contributed by atoms with van der Waals surface area (Å²) >= 11 is 4.96. The number of halogens is 3. The van der Waals surface area contributed by atoms with E-state index in [1.807, 2.05) is 0 Å². The Kier molecular flexibility index (Phi) is 4.56. The fourth-order valence-electron chi connectivity index (χ4n) is 3.23. The third kappa shape index (κ3) is 3.24. The lowest BCUT2D eigenvalue weighted by atomic mass is 9.81. The highest BCUT2D eigenvalue weighted by atomic mass is 32.1. The molecule has 0 aromatic heterocycles. The Balaban J connectivity index is 1.93. The molecule has 0 radical (unpaired) electrons. The first-order valence-corrected chi connectivity index (χ1v) is 7.38. The molecule has 2 rings (SSSR count). The third-order valence-electron chi connectivity index (χ3n) is 4.40. The second-order valence-corrected chi connectivity index (χ2v) is 6.15. The van der Waals surface area contributed by atoms with Gasteiger partial charge in [0.2, 0.25) is 5.91 Å². The van der Waals surface area contributed by atoms with Crippen molar-refractivity contribution in [3.63, 3.8) is 0 Å². The highest BCUT2D eigenvalue weighted by Gasteiger charge is 2.44. The van der Waals surface area contributed by atoms with E-state index in [2.05, 4.69) is 0 Å². The molecule has 1 atom stereocenters. The second kappa shape index (κ2) is 5.87. The number of hydrogen-bond donors (Lipinski definition) is 1. The number of alkyl halides is 3. The van der Waals surface area contributed by atoms with Gasteiger partial charge in [-0.3, -0.25) is 4.79 Å². The molecule has 1 amide bonds. The molecular weight excluding hydrogens is 289 g/mol. The molecule has 1 saturated heterocycles. The number of likely N-dealkylation sites (tertiary alicyclic amines) is 1. The van der Waals surface area contributed by atoms with Crippen LogP contribution in [0.5, 0.6) is 0 Å². The van der Waals surface area contributed by atoms with Gasteiger partial charge in [-0.1, -0.05) is 12.2 Å². The van der Waals surface area contributed by atoms with Crippen molar-refractivity contribution >= 4 is 23.1 Å². The standard InChI is InChI=1S/C13H19F3N2OS/c14-13(15,16)9-5-3-8(4-6-9)12(19)18-7-1-2-10(18)11(17)20/h8-10H,1-7H2,(H2,17,20). The van der Waals surface area contributed by atoms with Crippen molar-refractivity contribution in [2.45, 2.75) is 50.7 Å². The molecule has 2 aliphatic rings. The molecule has 2 N–H and O–H groups in total. The largest absolute Gasteiger partial charge is 0.392 e. The number of carbonyl (C=O) groups excluding carboxylic acids is 1. The summed E-state index contributed by atoms with van der Waals surface area (Å²) in [5.41, 5.74) is 5.62. The number of hydrogen-bond acceptors (Lipinski definition) is 2. The first-order chi connectivity index (χ1) is 9.30. The van der Waals surface area contributed by atoms with Crippen LogP contribution in [0.3, 0.4) is 0 Å². The Hall–Kier alpha value is -0.850. The molecule has 20 heavy (non-hydrogen) atoms. The molecule has 7 heteroatoms. The van der Waals surface area contributed by atoms with Crippen LogP contribution in [0.2, 0.25) is 0 Å². The quantitative estimate of drug-likeness (QED) is 0.798. The maximum atomic E-state index is 12.6. The molecule has 2 fully saturated rings. The van der Waals surface area contributed by atoms with Gasteiger partial charge in [0.05, 0.1) is 16.9 Å². The van der Waals surface area contributed by atoms with Gasteiger partial charge in [0.25, 0.3) is 0 Å². The maximum Gasteiger partial charge on any atom is 0.391 e. The number of amides is 1. The van der Waals surface area contributed by atoms with Crippen LogP contribution < -0.4 is 5.73 Å². The normalized spacial score (nSPS) is 31.4. The molecule has 1 unspecified atom stereocenters. The minimum Gasteiger partial charge on any atom is -0.392 e. The average Bonchev–Trinajstić information content (AvgIpc) is 2.86. The van der Waals surface area contributed by atoms with E-state index >= 15 is 0 Å². The summed E-state index contributed by atoms with van der Waals surface area (Å²) in [4.78, 5) is 14.4. The Morgan fingerprint density at radius 3 is 2.25 bits per heavy atom. The van der Waals surface area contributed by atoms with Crippen molar-refractivity contribution in [3.05, 3.63) is 0 Å². The Bertz CT molecular complexity index is 392. The predicted octanol–water partition coefficient (Wildman–Crippen LogP) is 2.63. The number of carbonyl (C=O) groups is 1. The topological polar surface area (TPSA) is 46.3 Å². The van der Waals surface area contributed by atoms with Gasteiger partial charge in [-0.25, -0.2) is 0 Å². The Morgan fingerprint density at radius 2 is 1.75 bits per heavy atom. The van der Waals surface area contributed by atoms with Gasteiger partial charge in [0, 0.05) is 12.5 Å². The van der Waals surface area contributed by atoms with Gasteiger partial charge in [-0.2, -0.15) is 13.2 Å². The van der Waals surface area contributed by atoms with E-state index < -0.39 is 12.1 Å². The molecule has 0 spiro atoms. The molecule has 1 heterocycles. The number of nitrogens with zero attached hydrogens (tertiary/aromatic N) is 1. The van der Waals surface area contributed by atoms with Crippen LogP contribution in [0.15, 0.2) is 0 Å². The number of thiocarbonyl (C=S) groups is 1. The number of rotatable bonds is 2. The summed E-state index contributed by atoms with van der Waals surface area (Å²) in [5, 5.41) is 0. The van der Waals surface area contributed by atoms with E-state index in [0.29, 0.717) is 24.4 Å². The molecule has 1 aliphatic heterocycles. The molecule has 3 nitrogen and oxygen atoms in total. The van der Waals surface area contributed by atoms with Crippen LogP contribution in [-0.4, -0.2) is 34.6 Å². The van der Waals surface area contributed by atoms with Gasteiger partial charge >= 0.3 is 6.18 Å². The van der Waals surface area contributed by atoms with Crippen molar-refractivity contribution in [2.75, 3.05) is 6.54 Å². The summed E-state index contributed by atoms with van der Waals surface area (Å²) in [6, 6.07) is -0.210. The van der Waals surface area contributed by atoms with Gasteiger partial charge in [-0.15, -0.1) is 0 Å². The van der Waals surface area contributed by atoms with Gasteiger partial charge < -0.3 is 10.6 Å². The zero-order chi connectivity index (χ0) is 14.9. The van der Waals surface area contributed by atoms with Crippen LogP contribution >= 0.6 is 12.2 Å². The molecular formula is C13H19F3N2OS. The lowest BCUT2D eigenvalue weighted by Crippen LogP contribution is -2.46. The summed E-state index contributed by atoms with van der Waals surface area (Å²) in [7, 11) is 0. The summed E-state index contributed by atoms with van der Waals surface area (Å²) < 4.78 is 37.8. The van der Waals surface area contributed by atoms with E-state index in [0.717, 1.165) is 12.8 Å². The van der Waals surface area contributed by atoms with Crippen LogP contribution in [-0.2, 0) is 4.79 Å². The van der Waals surface area contributed by atoms with Gasteiger partial charge in [0.15, 0.2) is 0 Å². The van der Waals surface area contributed by atoms with E-state index in [-0.39, 0.29) is 30.7 Å². The van der Waals surface area contributed by atoms with E-state index in [1.165, 1.54) is 0 Å². The first kappa shape index (κ1) is 15.5. The van der Waals surface area contributed by atoms with E-state index in [9.17, 15) is 18.0 Å². The summed E-state index contributed by atoms with van der Waals surface area (Å²) in [6.07, 6.45) is -1.81. The van der Waals surface area contributed by atoms with Crippen molar-refractivity contribution in [3.8, 4) is 0 Å². The van der Waals surface area contributed by atoms with Crippen LogP contribution in [0.1, 0.15) is 38.5 Å². The lowest BCUT2D eigenvalue weighted by Gasteiger charge is -2.33. The van der Waals surface area contributed by atoms with Crippen molar-refractivity contribution in [2.24, 2.45) is 17.6 Å². The molecule has 1 saturated carbocycles. The second-order valence-electron chi connectivity index (χ2n) is 5.68. The van der Waals surface area contributed by atoms with Crippen LogP contribution in [0.4, 0.5) is 13.2 Å². The number of nitrogens with two attached hydrogens (primary N) is 1. The SMILES string of the molecule is NC(=S)C1CCCN1C(=O)C1CCC(C(F)(F)F)CC1. The fraction of sp³-hybridized carbons (Fsp3) is 0.846. The predicted molar refractivity (Wildman–Crippen MR) is 73.0 cm³/mol. The highest BCUT2D eigenvalue weighted by Crippen LogP contribution is 2.40. The third-order valence-corrected chi connectivity index (χ3v) is 4.68. The Morgan fingerprint density at radius 1 is 1.15 bits per heavy atom. The van der Waals surface area contributed by atoms with Gasteiger partial charge in [0.1, 0.15) is 0 Å². The van der Waals surface area contributed by atoms with Gasteiger partial charge in [-0.05, 0) is 38.5 Å². The van der Waals surface area contributed by atoms with E-state index in [1.54, 1.807) is 4.90 Å². The summed E-state index contributed by atoms with van der Waals surface area (Å²) in [5.74, 6) is -1.62. The monoisotopic (exact) mass is 308 g/mol.